The highest BCUT2D eigenvalue weighted by molar-refractivity contribution is 7.91. The van der Waals surface area contributed by atoms with Crippen molar-refractivity contribution in [2.45, 2.75) is 33.1 Å². The topological polar surface area (TPSA) is 70.6 Å². The van der Waals surface area contributed by atoms with Crippen LogP contribution in [0.5, 0.6) is 0 Å². The van der Waals surface area contributed by atoms with E-state index in [1.54, 1.807) is 13.0 Å². The molecular formula is C17H27ClFN3O2S. The summed E-state index contributed by atoms with van der Waals surface area (Å²) in [4.78, 5) is 4.52. The summed E-state index contributed by atoms with van der Waals surface area (Å²) in [6.45, 7) is 8.87. The van der Waals surface area contributed by atoms with E-state index in [0.29, 0.717) is 30.6 Å². The number of hydrogen-bond donors (Lipinski definition) is 2. The SMILES string of the molecule is CCNC(=NCC(C)(C)c1ccc(F)cc1Cl)NCCS(=O)(=O)CC. The van der Waals surface area contributed by atoms with E-state index >= 15 is 0 Å². The lowest BCUT2D eigenvalue weighted by Crippen LogP contribution is -2.40. The second kappa shape index (κ2) is 9.38. The van der Waals surface area contributed by atoms with Crippen molar-refractivity contribution in [3.8, 4) is 0 Å². The van der Waals surface area contributed by atoms with Crippen LogP contribution < -0.4 is 10.6 Å². The van der Waals surface area contributed by atoms with Crippen LogP contribution in [0.3, 0.4) is 0 Å². The average molecular weight is 392 g/mol. The number of benzene rings is 1. The molecule has 5 nitrogen and oxygen atoms in total. The molecule has 0 fully saturated rings. The molecule has 142 valence electrons. The van der Waals surface area contributed by atoms with Gasteiger partial charge in [0.05, 0.1) is 12.3 Å². The number of nitrogens with zero attached hydrogens (tertiary/aromatic N) is 1. The molecule has 0 heterocycles. The highest BCUT2D eigenvalue weighted by Crippen LogP contribution is 2.30. The zero-order valence-electron chi connectivity index (χ0n) is 15.2. The third-order valence-electron chi connectivity index (χ3n) is 3.78. The Kier molecular flexibility index (Phi) is 8.15. The Morgan fingerprint density at radius 1 is 1.28 bits per heavy atom. The summed E-state index contributed by atoms with van der Waals surface area (Å²) < 4.78 is 36.4. The van der Waals surface area contributed by atoms with Gasteiger partial charge in [0.25, 0.3) is 0 Å². The summed E-state index contributed by atoms with van der Waals surface area (Å²) in [7, 11) is -3.02. The van der Waals surface area contributed by atoms with Gasteiger partial charge in [0.1, 0.15) is 5.82 Å². The molecule has 0 bridgehead atoms. The number of halogens is 2. The van der Waals surface area contributed by atoms with Gasteiger partial charge in [0, 0.05) is 29.3 Å². The van der Waals surface area contributed by atoms with Crippen LogP contribution in [0.4, 0.5) is 4.39 Å². The van der Waals surface area contributed by atoms with Gasteiger partial charge in [-0.15, -0.1) is 0 Å². The van der Waals surface area contributed by atoms with Crippen molar-refractivity contribution in [2.75, 3.05) is 31.1 Å². The lowest BCUT2D eigenvalue weighted by atomic mass is 9.84. The zero-order valence-corrected chi connectivity index (χ0v) is 16.8. The first-order valence-electron chi connectivity index (χ1n) is 8.29. The summed E-state index contributed by atoms with van der Waals surface area (Å²) in [5.41, 5.74) is 0.409. The van der Waals surface area contributed by atoms with E-state index in [-0.39, 0.29) is 17.3 Å². The van der Waals surface area contributed by atoms with E-state index in [9.17, 15) is 12.8 Å². The van der Waals surface area contributed by atoms with E-state index in [2.05, 4.69) is 15.6 Å². The fourth-order valence-corrected chi connectivity index (χ4v) is 3.34. The lowest BCUT2D eigenvalue weighted by Gasteiger charge is -2.25. The molecule has 0 atom stereocenters. The molecule has 0 aliphatic heterocycles. The van der Waals surface area contributed by atoms with E-state index in [4.69, 9.17) is 11.6 Å². The molecule has 0 radical (unpaired) electrons. The summed E-state index contributed by atoms with van der Waals surface area (Å²) in [5.74, 6) is 0.347. The second-order valence-electron chi connectivity index (χ2n) is 6.37. The van der Waals surface area contributed by atoms with Gasteiger partial charge >= 0.3 is 0 Å². The fraction of sp³-hybridized carbons (Fsp3) is 0.588. The largest absolute Gasteiger partial charge is 0.357 e. The Morgan fingerprint density at radius 2 is 1.96 bits per heavy atom. The van der Waals surface area contributed by atoms with Crippen molar-refractivity contribution in [2.24, 2.45) is 4.99 Å². The normalized spacial score (nSPS) is 13.0. The minimum absolute atomic E-state index is 0.0566. The van der Waals surface area contributed by atoms with Crippen LogP contribution in [0.15, 0.2) is 23.2 Å². The molecular weight excluding hydrogens is 365 g/mol. The first-order valence-corrected chi connectivity index (χ1v) is 10.5. The summed E-state index contributed by atoms with van der Waals surface area (Å²) >= 11 is 6.15. The number of rotatable bonds is 8. The number of hydrogen-bond acceptors (Lipinski definition) is 3. The smallest absolute Gasteiger partial charge is 0.191 e. The maximum absolute atomic E-state index is 13.2. The van der Waals surface area contributed by atoms with Gasteiger partial charge in [-0.1, -0.05) is 38.4 Å². The molecule has 0 saturated heterocycles. The molecule has 1 aromatic rings. The van der Waals surface area contributed by atoms with E-state index in [1.165, 1.54) is 12.1 Å². The van der Waals surface area contributed by atoms with Crippen LogP contribution >= 0.6 is 11.6 Å². The van der Waals surface area contributed by atoms with Crippen LogP contribution in [-0.4, -0.2) is 45.5 Å². The van der Waals surface area contributed by atoms with Gasteiger partial charge in [0.2, 0.25) is 0 Å². The van der Waals surface area contributed by atoms with Crippen LogP contribution in [0.1, 0.15) is 33.3 Å². The summed E-state index contributed by atoms with van der Waals surface area (Å²) in [6.07, 6.45) is 0. The molecule has 1 aromatic carbocycles. The molecule has 0 aromatic heterocycles. The Bertz CT molecular complexity index is 706. The molecule has 1 rings (SSSR count). The zero-order chi connectivity index (χ0) is 19.1. The fourth-order valence-electron chi connectivity index (χ4n) is 2.21. The third kappa shape index (κ3) is 7.20. The second-order valence-corrected chi connectivity index (χ2v) is 9.25. The monoisotopic (exact) mass is 391 g/mol. The van der Waals surface area contributed by atoms with Gasteiger partial charge in [-0.05, 0) is 24.6 Å². The molecule has 0 aliphatic rings. The Balaban J connectivity index is 2.81. The number of guanidine groups is 1. The molecule has 0 unspecified atom stereocenters. The van der Waals surface area contributed by atoms with Crippen molar-refractivity contribution < 1.29 is 12.8 Å². The first-order chi connectivity index (χ1) is 11.6. The van der Waals surface area contributed by atoms with Crippen LogP contribution in [-0.2, 0) is 15.3 Å². The maximum Gasteiger partial charge on any atom is 0.191 e. The maximum atomic E-state index is 13.2. The highest BCUT2D eigenvalue weighted by atomic mass is 35.5. The number of aliphatic imine (C=N–C) groups is 1. The van der Waals surface area contributed by atoms with Gasteiger partial charge in [-0.2, -0.15) is 0 Å². The highest BCUT2D eigenvalue weighted by Gasteiger charge is 2.23. The Labute approximate surface area is 155 Å². The number of nitrogens with one attached hydrogen (secondary N) is 2. The van der Waals surface area contributed by atoms with Crippen LogP contribution in [0.25, 0.3) is 0 Å². The van der Waals surface area contributed by atoms with Gasteiger partial charge < -0.3 is 10.6 Å². The molecule has 8 heteroatoms. The van der Waals surface area contributed by atoms with Crippen molar-refractivity contribution in [3.63, 3.8) is 0 Å². The van der Waals surface area contributed by atoms with Gasteiger partial charge in [-0.25, -0.2) is 12.8 Å². The van der Waals surface area contributed by atoms with Gasteiger partial charge in [-0.3, -0.25) is 4.99 Å². The van der Waals surface area contributed by atoms with E-state index in [0.717, 1.165) is 5.56 Å². The lowest BCUT2D eigenvalue weighted by molar-refractivity contribution is 0.535. The molecule has 0 saturated carbocycles. The average Bonchev–Trinajstić information content (AvgIpc) is 2.52. The van der Waals surface area contributed by atoms with E-state index < -0.39 is 15.3 Å². The quantitative estimate of drug-likeness (QED) is 0.528. The Morgan fingerprint density at radius 3 is 2.52 bits per heavy atom. The predicted molar refractivity (Wildman–Crippen MR) is 103 cm³/mol. The Hall–Kier alpha value is -1.34. The molecule has 25 heavy (non-hydrogen) atoms. The van der Waals surface area contributed by atoms with E-state index in [1.807, 2.05) is 20.8 Å². The number of sulfone groups is 1. The van der Waals surface area contributed by atoms with Gasteiger partial charge in [0.15, 0.2) is 15.8 Å². The van der Waals surface area contributed by atoms with Crippen molar-refractivity contribution in [1.82, 2.24) is 10.6 Å². The summed E-state index contributed by atoms with van der Waals surface area (Å²) in [6, 6.07) is 4.34. The van der Waals surface area contributed by atoms with Crippen LogP contribution in [0.2, 0.25) is 5.02 Å². The summed E-state index contributed by atoms with van der Waals surface area (Å²) in [5, 5.41) is 6.48. The standard InChI is InChI=1S/C17H27ClFN3O2S/c1-5-20-16(21-9-10-25(23,24)6-2)22-12-17(3,4)14-8-7-13(19)11-15(14)18/h7-8,11H,5-6,9-10,12H2,1-4H3,(H2,20,21,22). The molecule has 2 N–H and O–H groups in total. The van der Waals surface area contributed by atoms with Crippen molar-refractivity contribution in [1.29, 1.82) is 0 Å². The molecule has 0 aliphatic carbocycles. The first kappa shape index (κ1) is 21.7. The minimum atomic E-state index is -3.02. The van der Waals surface area contributed by atoms with Crippen molar-refractivity contribution in [3.05, 3.63) is 34.6 Å². The molecule has 0 amide bonds. The minimum Gasteiger partial charge on any atom is -0.357 e. The van der Waals surface area contributed by atoms with Crippen LogP contribution in [0, 0.1) is 5.82 Å². The molecule has 0 spiro atoms. The third-order valence-corrected chi connectivity index (χ3v) is 5.80. The predicted octanol–water partition coefficient (Wildman–Crippen LogP) is 2.75. The van der Waals surface area contributed by atoms with Crippen molar-refractivity contribution >= 4 is 27.4 Å².